The molecule has 0 bridgehead atoms. The number of sulfonamides is 1. The third kappa shape index (κ3) is 4.19. The number of hydrogen-bond acceptors (Lipinski definition) is 2. The molecule has 1 aromatic rings. The molecule has 1 aromatic carbocycles. The highest BCUT2D eigenvalue weighted by atomic mass is 79.9. The van der Waals surface area contributed by atoms with E-state index in [0.29, 0.717) is 10.0 Å². The maximum absolute atomic E-state index is 12.8. The first-order valence-corrected chi connectivity index (χ1v) is 7.18. The van der Waals surface area contributed by atoms with Crippen molar-refractivity contribution in [1.29, 1.82) is 0 Å². The van der Waals surface area contributed by atoms with Crippen LogP contribution in [0.4, 0.5) is 4.39 Å². The highest BCUT2D eigenvalue weighted by Gasteiger charge is 2.14. The van der Waals surface area contributed by atoms with Gasteiger partial charge in [-0.1, -0.05) is 22.0 Å². The molecule has 0 saturated heterocycles. The third-order valence-corrected chi connectivity index (χ3v) is 4.04. The van der Waals surface area contributed by atoms with Crippen molar-refractivity contribution in [2.75, 3.05) is 0 Å². The summed E-state index contributed by atoms with van der Waals surface area (Å²) in [6.45, 7) is 3.49. The maximum Gasteiger partial charge on any atom is 0.216 e. The van der Waals surface area contributed by atoms with Gasteiger partial charge in [0.05, 0.1) is 5.75 Å². The predicted molar refractivity (Wildman–Crippen MR) is 65.0 cm³/mol. The summed E-state index contributed by atoms with van der Waals surface area (Å²) in [5.74, 6) is -0.559. The first-order chi connectivity index (χ1) is 7.30. The minimum atomic E-state index is -3.37. The van der Waals surface area contributed by atoms with E-state index in [4.69, 9.17) is 0 Å². The summed E-state index contributed by atoms with van der Waals surface area (Å²) in [5.41, 5.74) is 0.537. The zero-order chi connectivity index (χ0) is 12.3. The van der Waals surface area contributed by atoms with Crippen molar-refractivity contribution < 1.29 is 12.8 Å². The molecule has 0 saturated carbocycles. The Kier molecular flexibility index (Phi) is 4.46. The topological polar surface area (TPSA) is 46.2 Å². The van der Waals surface area contributed by atoms with Gasteiger partial charge in [-0.05, 0) is 31.5 Å². The zero-order valence-corrected chi connectivity index (χ0v) is 11.4. The molecule has 6 heteroatoms. The fourth-order valence-corrected chi connectivity index (χ4v) is 3.38. The molecular weight excluding hydrogens is 297 g/mol. The van der Waals surface area contributed by atoms with Gasteiger partial charge in [-0.25, -0.2) is 17.5 Å². The van der Waals surface area contributed by atoms with Crippen molar-refractivity contribution in [3.05, 3.63) is 34.1 Å². The smallest absolute Gasteiger partial charge is 0.212 e. The molecule has 0 radical (unpaired) electrons. The number of hydrogen-bond donors (Lipinski definition) is 1. The van der Waals surface area contributed by atoms with Gasteiger partial charge in [0.2, 0.25) is 10.0 Å². The first-order valence-electron chi connectivity index (χ1n) is 4.74. The van der Waals surface area contributed by atoms with Crippen molar-refractivity contribution in [3.8, 4) is 0 Å². The summed E-state index contributed by atoms with van der Waals surface area (Å²) in [4.78, 5) is 0. The Hall–Kier alpha value is -0.460. The van der Waals surface area contributed by atoms with Crippen molar-refractivity contribution in [2.45, 2.75) is 25.6 Å². The molecule has 0 aliphatic rings. The highest BCUT2D eigenvalue weighted by Crippen LogP contribution is 2.20. The van der Waals surface area contributed by atoms with E-state index in [1.54, 1.807) is 13.8 Å². The molecule has 90 valence electrons. The molecule has 0 heterocycles. The Labute approximate surface area is 103 Å². The van der Waals surface area contributed by atoms with Crippen molar-refractivity contribution in [2.24, 2.45) is 0 Å². The first kappa shape index (κ1) is 13.6. The third-order valence-electron chi connectivity index (χ3n) is 1.78. The second-order valence-electron chi connectivity index (χ2n) is 3.77. The molecule has 1 rings (SSSR count). The summed E-state index contributed by atoms with van der Waals surface area (Å²) >= 11 is 3.13. The molecule has 0 aliphatic carbocycles. The van der Waals surface area contributed by atoms with E-state index in [0.717, 1.165) is 0 Å². The maximum atomic E-state index is 12.8. The number of halogens is 2. The quantitative estimate of drug-likeness (QED) is 0.928. The SMILES string of the molecule is CC(C)NS(=O)(=O)Cc1ccc(F)cc1Br. The van der Waals surface area contributed by atoms with Gasteiger partial charge in [0.1, 0.15) is 5.82 Å². The molecule has 0 unspecified atom stereocenters. The standard InChI is InChI=1S/C10H13BrFNO2S/c1-7(2)13-16(14,15)6-8-3-4-9(12)5-10(8)11/h3-5,7,13H,6H2,1-2H3. The summed E-state index contributed by atoms with van der Waals surface area (Å²) < 4.78 is 39.0. The van der Waals surface area contributed by atoms with Gasteiger partial charge in [0.15, 0.2) is 0 Å². The predicted octanol–water partition coefficient (Wildman–Crippen LogP) is 2.42. The Balaban J connectivity index is 2.88. The van der Waals surface area contributed by atoms with Gasteiger partial charge in [0.25, 0.3) is 0 Å². The minimum Gasteiger partial charge on any atom is -0.212 e. The largest absolute Gasteiger partial charge is 0.216 e. The van der Waals surface area contributed by atoms with E-state index in [9.17, 15) is 12.8 Å². The number of rotatable bonds is 4. The monoisotopic (exact) mass is 309 g/mol. The lowest BCUT2D eigenvalue weighted by Crippen LogP contribution is -2.31. The van der Waals surface area contributed by atoms with Crippen LogP contribution in [0.3, 0.4) is 0 Å². The van der Waals surface area contributed by atoms with E-state index < -0.39 is 15.8 Å². The molecule has 0 aliphatic heterocycles. The average Bonchev–Trinajstić information content (AvgIpc) is 2.07. The van der Waals surface area contributed by atoms with Crippen LogP contribution in [0.1, 0.15) is 19.4 Å². The lowest BCUT2D eigenvalue weighted by atomic mass is 10.2. The highest BCUT2D eigenvalue weighted by molar-refractivity contribution is 9.10. The van der Waals surface area contributed by atoms with Crippen LogP contribution in [0.5, 0.6) is 0 Å². The van der Waals surface area contributed by atoms with E-state index >= 15 is 0 Å². The van der Waals surface area contributed by atoms with Crippen LogP contribution in [0.15, 0.2) is 22.7 Å². The molecule has 0 amide bonds. The van der Waals surface area contributed by atoms with Crippen LogP contribution in [0.2, 0.25) is 0 Å². The van der Waals surface area contributed by atoms with Crippen molar-refractivity contribution >= 4 is 26.0 Å². The lowest BCUT2D eigenvalue weighted by Gasteiger charge is -2.10. The molecule has 3 nitrogen and oxygen atoms in total. The fraction of sp³-hybridized carbons (Fsp3) is 0.400. The number of benzene rings is 1. The number of nitrogens with one attached hydrogen (secondary N) is 1. The van der Waals surface area contributed by atoms with Gasteiger partial charge in [-0.15, -0.1) is 0 Å². The van der Waals surface area contributed by atoms with Crippen LogP contribution in [0.25, 0.3) is 0 Å². The second kappa shape index (κ2) is 5.25. The Morgan fingerprint density at radius 3 is 2.56 bits per heavy atom. The van der Waals surface area contributed by atoms with Crippen molar-refractivity contribution in [1.82, 2.24) is 4.72 Å². The normalized spacial score (nSPS) is 12.1. The van der Waals surface area contributed by atoms with Crippen LogP contribution in [-0.2, 0) is 15.8 Å². The van der Waals surface area contributed by atoms with Crippen LogP contribution < -0.4 is 4.72 Å². The zero-order valence-electron chi connectivity index (χ0n) is 9.00. The van der Waals surface area contributed by atoms with Gasteiger partial charge < -0.3 is 0 Å². The average molecular weight is 310 g/mol. The Bertz CT molecular complexity index is 474. The fourth-order valence-electron chi connectivity index (χ4n) is 1.24. The van der Waals surface area contributed by atoms with Crippen LogP contribution in [0, 0.1) is 5.82 Å². The molecule has 0 aromatic heterocycles. The van der Waals surface area contributed by atoms with Gasteiger partial charge in [-0.2, -0.15) is 0 Å². The summed E-state index contributed by atoms with van der Waals surface area (Å²) in [5, 5.41) is 0. The van der Waals surface area contributed by atoms with Gasteiger partial charge >= 0.3 is 0 Å². The molecular formula is C10H13BrFNO2S. The minimum absolute atomic E-state index is 0.149. The van der Waals surface area contributed by atoms with E-state index in [2.05, 4.69) is 20.7 Å². The summed E-state index contributed by atoms with van der Waals surface area (Å²) in [6.07, 6.45) is 0. The lowest BCUT2D eigenvalue weighted by molar-refractivity contribution is 0.568. The van der Waals surface area contributed by atoms with Gasteiger partial charge in [-0.3, -0.25) is 0 Å². The van der Waals surface area contributed by atoms with Gasteiger partial charge in [0, 0.05) is 10.5 Å². The molecule has 0 atom stereocenters. The summed E-state index contributed by atoms with van der Waals surface area (Å²) in [6, 6.07) is 3.80. The van der Waals surface area contributed by atoms with Crippen molar-refractivity contribution in [3.63, 3.8) is 0 Å². The molecule has 0 spiro atoms. The van der Waals surface area contributed by atoms with Crippen LogP contribution in [-0.4, -0.2) is 14.5 Å². The van der Waals surface area contributed by atoms with E-state index in [-0.39, 0.29) is 11.8 Å². The Morgan fingerprint density at radius 1 is 1.44 bits per heavy atom. The Morgan fingerprint density at radius 2 is 2.06 bits per heavy atom. The molecule has 0 fully saturated rings. The molecule has 1 N–H and O–H groups in total. The van der Waals surface area contributed by atoms with Crippen LogP contribution >= 0.6 is 15.9 Å². The second-order valence-corrected chi connectivity index (χ2v) is 6.38. The summed E-state index contributed by atoms with van der Waals surface area (Å²) in [7, 11) is -3.37. The molecule has 16 heavy (non-hydrogen) atoms. The van der Waals surface area contributed by atoms with E-state index in [1.165, 1.54) is 18.2 Å². The van der Waals surface area contributed by atoms with E-state index in [1.807, 2.05) is 0 Å².